The van der Waals surface area contributed by atoms with Crippen LogP contribution in [0.15, 0.2) is 43.1 Å². The largest absolute Gasteiger partial charge is 0.345 e. The maximum atomic E-state index is 4.35. The van der Waals surface area contributed by atoms with E-state index < -0.39 is 0 Å². The first kappa shape index (κ1) is 8.64. The van der Waals surface area contributed by atoms with E-state index in [0.29, 0.717) is 0 Å². The van der Waals surface area contributed by atoms with Gasteiger partial charge in [-0.2, -0.15) is 0 Å². The minimum absolute atomic E-state index is 0.974. The van der Waals surface area contributed by atoms with Crippen LogP contribution >= 0.6 is 0 Å². The predicted molar refractivity (Wildman–Crippen MR) is 66.7 cm³/mol. The SMILES string of the molecule is c1ncc2ccc3c(ccc4[nH]cnc43)c2n1. The monoisotopic (exact) mass is 220 g/mol. The normalized spacial score (nSPS) is 11.5. The van der Waals surface area contributed by atoms with Gasteiger partial charge in [-0.3, -0.25) is 0 Å². The first-order valence-corrected chi connectivity index (χ1v) is 5.38. The van der Waals surface area contributed by atoms with E-state index in [9.17, 15) is 0 Å². The number of rotatable bonds is 0. The summed E-state index contributed by atoms with van der Waals surface area (Å²) in [7, 11) is 0. The molecule has 0 fully saturated rings. The average molecular weight is 220 g/mol. The van der Waals surface area contributed by atoms with Crippen LogP contribution in [0.4, 0.5) is 0 Å². The molecule has 0 bridgehead atoms. The molecule has 0 saturated heterocycles. The van der Waals surface area contributed by atoms with Crippen LogP contribution in [0, 0.1) is 0 Å². The van der Waals surface area contributed by atoms with Crippen LogP contribution in [-0.2, 0) is 0 Å². The summed E-state index contributed by atoms with van der Waals surface area (Å²) in [6.07, 6.45) is 5.13. The van der Waals surface area contributed by atoms with Gasteiger partial charge in [-0.25, -0.2) is 15.0 Å². The zero-order valence-corrected chi connectivity index (χ0v) is 8.88. The van der Waals surface area contributed by atoms with E-state index in [1.54, 1.807) is 12.7 Å². The van der Waals surface area contributed by atoms with Crippen molar-refractivity contribution in [2.45, 2.75) is 0 Å². The number of hydrogen-bond acceptors (Lipinski definition) is 3. The fourth-order valence-corrected chi connectivity index (χ4v) is 2.27. The van der Waals surface area contributed by atoms with Crippen molar-refractivity contribution >= 4 is 32.7 Å². The second-order valence-corrected chi connectivity index (χ2v) is 3.99. The number of aromatic nitrogens is 4. The molecule has 0 unspecified atom stereocenters. The molecule has 0 aliphatic heterocycles. The average Bonchev–Trinajstić information content (AvgIpc) is 2.86. The van der Waals surface area contributed by atoms with Crippen molar-refractivity contribution in [2.75, 3.05) is 0 Å². The highest BCUT2D eigenvalue weighted by molar-refractivity contribution is 6.13. The molecule has 4 nitrogen and oxygen atoms in total. The standard InChI is InChI=1S/C13H8N4/c1-2-10-9(12-8(1)5-14-6-16-12)3-4-11-13(10)17-7-15-11/h1-7H,(H,15,17). The molecule has 2 heterocycles. The van der Waals surface area contributed by atoms with E-state index in [1.165, 1.54) is 0 Å². The van der Waals surface area contributed by atoms with Crippen LogP contribution in [0.5, 0.6) is 0 Å². The van der Waals surface area contributed by atoms with Gasteiger partial charge in [0.15, 0.2) is 0 Å². The Balaban J connectivity index is 2.34. The Morgan fingerprint density at radius 2 is 1.76 bits per heavy atom. The van der Waals surface area contributed by atoms with Gasteiger partial charge in [0.25, 0.3) is 0 Å². The van der Waals surface area contributed by atoms with Gasteiger partial charge in [0.1, 0.15) is 6.33 Å². The lowest BCUT2D eigenvalue weighted by molar-refractivity contribution is 1.23. The summed E-state index contributed by atoms with van der Waals surface area (Å²) in [6.45, 7) is 0. The molecule has 0 atom stereocenters. The van der Waals surface area contributed by atoms with Crippen LogP contribution in [0.2, 0.25) is 0 Å². The van der Waals surface area contributed by atoms with Gasteiger partial charge >= 0.3 is 0 Å². The Kier molecular flexibility index (Phi) is 1.53. The molecule has 2 aromatic heterocycles. The van der Waals surface area contributed by atoms with Gasteiger partial charge in [0.05, 0.1) is 22.9 Å². The van der Waals surface area contributed by atoms with Gasteiger partial charge in [-0.05, 0) is 12.1 Å². The molecule has 0 aliphatic rings. The zero-order chi connectivity index (χ0) is 11.2. The smallest absolute Gasteiger partial charge is 0.116 e. The lowest BCUT2D eigenvalue weighted by Crippen LogP contribution is -1.84. The second-order valence-electron chi connectivity index (χ2n) is 3.99. The molecule has 17 heavy (non-hydrogen) atoms. The quantitative estimate of drug-likeness (QED) is 0.463. The lowest BCUT2D eigenvalue weighted by atomic mass is 10.1. The third-order valence-corrected chi connectivity index (χ3v) is 3.06. The maximum Gasteiger partial charge on any atom is 0.116 e. The highest BCUT2D eigenvalue weighted by atomic mass is 14.9. The van der Waals surface area contributed by atoms with Crippen molar-refractivity contribution in [3.8, 4) is 0 Å². The number of fused-ring (bicyclic) bond motifs is 5. The topological polar surface area (TPSA) is 54.5 Å². The molecule has 0 spiro atoms. The zero-order valence-electron chi connectivity index (χ0n) is 8.88. The molecule has 0 saturated carbocycles. The number of hydrogen-bond donors (Lipinski definition) is 1. The Morgan fingerprint density at radius 3 is 2.76 bits per heavy atom. The molecule has 4 heteroatoms. The van der Waals surface area contributed by atoms with Crippen molar-refractivity contribution in [3.05, 3.63) is 43.1 Å². The van der Waals surface area contributed by atoms with Crippen molar-refractivity contribution < 1.29 is 0 Å². The molecular weight excluding hydrogens is 212 g/mol. The second kappa shape index (κ2) is 3.01. The van der Waals surface area contributed by atoms with Crippen molar-refractivity contribution in [1.29, 1.82) is 0 Å². The first-order valence-electron chi connectivity index (χ1n) is 5.38. The van der Waals surface area contributed by atoms with Crippen molar-refractivity contribution in [3.63, 3.8) is 0 Å². The Hall–Kier alpha value is -2.49. The number of aromatic amines is 1. The van der Waals surface area contributed by atoms with Crippen molar-refractivity contribution in [2.24, 2.45) is 0 Å². The summed E-state index contributed by atoms with van der Waals surface area (Å²) in [5.41, 5.74) is 3.01. The molecular formula is C13H8N4. The number of nitrogens with one attached hydrogen (secondary N) is 1. The molecule has 0 amide bonds. The van der Waals surface area contributed by atoms with Crippen molar-refractivity contribution in [1.82, 2.24) is 19.9 Å². The van der Waals surface area contributed by atoms with Gasteiger partial charge in [-0.15, -0.1) is 0 Å². The van der Waals surface area contributed by atoms with E-state index in [-0.39, 0.29) is 0 Å². The van der Waals surface area contributed by atoms with Gasteiger partial charge in [-0.1, -0.05) is 12.1 Å². The Bertz CT molecular complexity index is 848. The molecule has 0 aliphatic carbocycles. The fourth-order valence-electron chi connectivity index (χ4n) is 2.27. The summed E-state index contributed by atoms with van der Waals surface area (Å²) in [4.78, 5) is 15.9. The van der Waals surface area contributed by atoms with E-state index in [4.69, 9.17) is 0 Å². The van der Waals surface area contributed by atoms with Crippen LogP contribution < -0.4 is 0 Å². The molecule has 1 N–H and O–H groups in total. The Morgan fingerprint density at radius 1 is 0.882 bits per heavy atom. The number of imidazole rings is 1. The fraction of sp³-hybridized carbons (Fsp3) is 0. The first-order chi connectivity index (χ1) is 8.43. The maximum absolute atomic E-state index is 4.35. The predicted octanol–water partition coefficient (Wildman–Crippen LogP) is 2.66. The van der Waals surface area contributed by atoms with Crippen LogP contribution in [0.25, 0.3) is 32.7 Å². The molecule has 80 valence electrons. The van der Waals surface area contributed by atoms with Gasteiger partial charge < -0.3 is 4.98 Å². The number of nitrogens with zero attached hydrogens (tertiary/aromatic N) is 3. The molecule has 4 rings (SSSR count). The highest BCUT2D eigenvalue weighted by Crippen LogP contribution is 2.27. The minimum atomic E-state index is 0.974. The van der Waals surface area contributed by atoms with E-state index in [2.05, 4.69) is 32.1 Å². The van der Waals surface area contributed by atoms with E-state index >= 15 is 0 Å². The van der Waals surface area contributed by atoms with Crippen LogP contribution in [0.1, 0.15) is 0 Å². The van der Waals surface area contributed by atoms with E-state index in [1.807, 2.05) is 18.3 Å². The van der Waals surface area contributed by atoms with Crippen LogP contribution in [-0.4, -0.2) is 19.9 Å². The Labute approximate surface area is 96.3 Å². The minimum Gasteiger partial charge on any atom is -0.345 e. The van der Waals surface area contributed by atoms with E-state index in [0.717, 1.165) is 32.7 Å². The summed E-state index contributed by atoms with van der Waals surface area (Å²) in [5, 5.41) is 3.29. The molecule has 4 aromatic rings. The highest BCUT2D eigenvalue weighted by Gasteiger charge is 2.06. The molecule has 0 radical (unpaired) electrons. The third kappa shape index (κ3) is 1.09. The third-order valence-electron chi connectivity index (χ3n) is 3.06. The number of benzene rings is 2. The molecule has 2 aromatic carbocycles. The summed E-state index contributed by atoms with van der Waals surface area (Å²) < 4.78 is 0. The summed E-state index contributed by atoms with van der Waals surface area (Å²) in [6, 6.07) is 8.22. The lowest BCUT2D eigenvalue weighted by Gasteiger charge is -2.02. The summed E-state index contributed by atoms with van der Waals surface area (Å²) in [5.74, 6) is 0. The number of H-pyrrole nitrogens is 1. The summed E-state index contributed by atoms with van der Waals surface area (Å²) >= 11 is 0. The van der Waals surface area contributed by atoms with Crippen LogP contribution in [0.3, 0.4) is 0 Å². The van der Waals surface area contributed by atoms with Gasteiger partial charge in [0, 0.05) is 22.4 Å². The van der Waals surface area contributed by atoms with Gasteiger partial charge in [0.2, 0.25) is 0 Å².